The Morgan fingerprint density at radius 2 is 2.25 bits per heavy atom. The van der Waals surface area contributed by atoms with E-state index in [4.69, 9.17) is 4.55 Å². The Morgan fingerprint density at radius 3 is 2.90 bits per heavy atom. The molecule has 0 aliphatic rings. The molecule has 6 nitrogen and oxygen atoms in total. The second kappa shape index (κ2) is 6.21. The third-order valence-electron chi connectivity index (χ3n) is 2.43. The summed E-state index contributed by atoms with van der Waals surface area (Å²) in [7, 11) is 0. The summed E-state index contributed by atoms with van der Waals surface area (Å²) in [6, 6.07) is 1.80. The molecule has 0 fully saturated rings. The van der Waals surface area contributed by atoms with Gasteiger partial charge in [-0.05, 0) is 18.6 Å². The highest BCUT2D eigenvalue weighted by atomic mass is 32.2. The molecule has 1 atom stereocenters. The summed E-state index contributed by atoms with van der Waals surface area (Å²) in [5, 5.41) is 3.17. The highest BCUT2D eigenvalue weighted by molar-refractivity contribution is 7.78. The maximum atomic E-state index is 11.0. The van der Waals surface area contributed by atoms with Gasteiger partial charge in [-0.3, -0.25) is 9.78 Å². The van der Waals surface area contributed by atoms with Gasteiger partial charge in [0, 0.05) is 24.9 Å². The number of rotatable bonds is 4. The van der Waals surface area contributed by atoms with E-state index in [9.17, 15) is 9.00 Å². The number of amides is 1. The van der Waals surface area contributed by atoms with E-state index in [0.717, 1.165) is 16.1 Å². The van der Waals surface area contributed by atoms with Gasteiger partial charge in [0.05, 0.1) is 16.3 Å². The van der Waals surface area contributed by atoms with Gasteiger partial charge in [0.25, 0.3) is 0 Å². The molecule has 0 spiro atoms. The molecule has 0 bridgehead atoms. The van der Waals surface area contributed by atoms with Crippen molar-refractivity contribution in [3.8, 4) is 10.4 Å². The van der Waals surface area contributed by atoms with Gasteiger partial charge >= 0.3 is 0 Å². The first kappa shape index (κ1) is 14.8. The van der Waals surface area contributed by atoms with Gasteiger partial charge in [-0.1, -0.05) is 11.3 Å². The number of anilines is 1. The third-order valence-corrected chi connectivity index (χ3v) is 4.13. The predicted molar refractivity (Wildman–Crippen MR) is 78.9 cm³/mol. The Hall–Kier alpha value is -1.64. The van der Waals surface area contributed by atoms with Crippen LogP contribution in [0.4, 0.5) is 5.13 Å². The van der Waals surface area contributed by atoms with Crippen molar-refractivity contribution in [2.75, 3.05) is 5.32 Å². The van der Waals surface area contributed by atoms with Crippen molar-refractivity contribution in [2.24, 2.45) is 0 Å². The largest absolute Gasteiger partial charge is 0.306 e. The van der Waals surface area contributed by atoms with E-state index in [1.165, 1.54) is 18.3 Å². The zero-order chi connectivity index (χ0) is 14.7. The maximum Gasteiger partial charge on any atom is 0.223 e. The number of aryl methyl sites for hydroxylation is 1. The normalized spacial score (nSPS) is 12.2. The Morgan fingerprint density at radius 1 is 1.50 bits per heavy atom. The van der Waals surface area contributed by atoms with Crippen molar-refractivity contribution in [1.82, 2.24) is 9.97 Å². The van der Waals surface area contributed by atoms with Crippen LogP contribution in [0.3, 0.4) is 0 Å². The summed E-state index contributed by atoms with van der Waals surface area (Å²) in [5.41, 5.74) is 2.28. The van der Waals surface area contributed by atoms with Crippen LogP contribution in [0.15, 0.2) is 18.5 Å². The molecular weight excluding hydrogens is 298 g/mol. The van der Waals surface area contributed by atoms with Gasteiger partial charge in [-0.2, -0.15) is 0 Å². The van der Waals surface area contributed by atoms with E-state index in [0.29, 0.717) is 10.7 Å². The summed E-state index contributed by atoms with van der Waals surface area (Å²) in [5.74, 6) is -0.134. The van der Waals surface area contributed by atoms with Gasteiger partial charge in [-0.25, -0.2) is 9.19 Å². The molecule has 0 saturated carbocycles. The zero-order valence-electron chi connectivity index (χ0n) is 10.9. The Kier molecular flexibility index (Phi) is 4.58. The molecule has 1 amide bonds. The third kappa shape index (κ3) is 3.69. The second-order valence-corrected chi connectivity index (χ2v) is 6.09. The standard InChI is InChI=1S/C12H13N3O3S2/c1-7-11(19-12(14-7)15-8(2)16)10-3-9(4-13-5-10)6-20(17)18/h3-5H,6H2,1-2H3,(H,17,18)(H,14,15,16). The average Bonchev–Trinajstić information content (AvgIpc) is 2.68. The van der Waals surface area contributed by atoms with E-state index in [2.05, 4.69) is 15.3 Å². The Labute approximate surface area is 122 Å². The van der Waals surface area contributed by atoms with E-state index < -0.39 is 11.1 Å². The quantitative estimate of drug-likeness (QED) is 0.844. The summed E-state index contributed by atoms with van der Waals surface area (Å²) >= 11 is -0.551. The highest BCUT2D eigenvalue weighted by Crippen LogP contribution is 2.32. The van der Waals surface area contributed by atoms with E-state index >= 15 is 0 Å². The molecule has 8 heteroatoms. The Balaban J connectivity index is 2.33. The van der Waals surface area contributed by atoms with Gasteiger partial charge < -0.3 is 9.87 Å². The second-order valence-electron chi connectivity index (χ2n) is 4.16. The fourth-order valence-corrected chi connectivity index (χ4v) is 3.14. The van der Waals surface area contributed by atoms with Crippen LogP contribution in [0.5, 0.6) is 0 Å². The SMILES string of the molecule is CC(=O)Nc1nc(C)c(-c2cncc(CS(=O)O)c2)s1. The van der Waals surface area contributed by atoms with Crippen molar-refractivity contribution < 1.29 is 13.6 Å². The van der Waals surface area contributed by atoms with Gasteiger partial charge in [0.1, 0.15) is 0 Å². The number of nitrogens with zero attached hydrogens (tertiary/aromatic N) is 2. The molecule has 2 heterocycles. The lowest BCUT2D eigenvalue weighted by atomic mass is 10.2. The molecule has 0 aromatic carbocycles. The van der Waals surface area contributed by atoms with Crippen molar-refractivity contribution in [2.45, 2.75) is 19.6 Å². The fourth-order valence-electron chi connectivity index (χ4n) is 1.70. The number of carbonyl (C=O) groups excluding carboxylic acids is 1. The molecule has 0 radical (unpaired) electrons. The first-order valence-electron chi connectivity index (χ1n) is 5.72. The minimum atomic E-state index is -1.90. The molecule has 0 saturated heterocycles. The molecule has 2 aromatic heterocycles. The van der Waals surface area contributed by atoms with Crippen molar-refractivity contribution >= 4 is 33.5 Å². The first-order chi connectivity index (χ1) is 9.45. The van der Waals surface area contributed by atoms with Crippen molar-refractivity contribution in [1.29, 1.82) is 0 Å². The van der Waals surface area contributed by atoms with Crippen molar-refractivity contribution in [3.05, 3.63) is 29.7 Å². The summed E-state index contributed by atoms with van der Waals surface area (Å²) < 4.78 is 19.7. The zero-order valence-corrected chi connectivity index (χ0v) is 12.5. The molecule has 2 rings (SSSR count). The number of pyridine rings is 1. The minimum absolute atomic E-state index is 0.0389. The fraction of sp³-hybridized carbons (Fsp3) is 0.250. The van der Waals surface area contributed by atoms with E-state index in [-0.39, 0.29) is 11.7 Å². The maximum absolute atomic E-state index is 11.0. The molecule has 0 aliphatic heterocycles. The Bertz CT molecular complexity index is 670. The predicted octanol–water partition coefficient (Wildman–Crippen LogP) is 2.19. The van der Waals surface area contributed by atoms with Crippen LogP contribution >= 0.6 is 11.3 Å². The minimum Gasteiger partial charge on any atom is -0.306 e. The smallest absolute Gasteiger partial charge is 0.223 e. The van der Waals surface area contributed by atoms with Crippen LogP contribution in [0.25, 0.3) is 10.4 Å². The van der Waals surface area contributed by atoms with E-state index in [1.54, 1.807) is 18.5 Å². The molecule has 2 N–H and O–H groups in total. The number of thiazole rings is 1. The topological polar surface area (TPSA) is 92.2 Å². The highest BCUT2D eigenvalue weighted by Gasteiger charge is 2.12. The van der Waals surface area contributed by atoms with Gasteiger partial charge in [0.15, 0.2) is 16.2 Å². The van der Waals surface area contributed by atoms with Gasteiger partial charge in [-0.15, -0.1) is 0 Å². The van der Waals surface area contributed by atoms with E-state index in [1.807, 2.05) is 6.92 Å². The van der Waals surface area contributed by atoms with Crippen LogP contribution in [0, 0.1) is 6.92 Å². The lowest BCUT2D eigenvalue weighted by Gasteiger charge is -2.01. The molecule has 0 aliphatic carbocycles. The van der Waals surface area contributed by atoms with Crippen LogP contribution < -0.4 is 5.32 Å². The average molecular weight is 311 g/mol. The van der Waals surface area contributed by atoms with Crippen LogP contribution in [0.1, 0.15) is 18.2 Å². The van der Waals surface area contributed by atoms with Crippen LogP contribution in [-0.2, 0) is 21.6 Å². The van der Waals surface area contributed by atoms with Crippen molar-refractivity contribution in [3.63, 3.8) is 0 Å². The number of carbonyl (C=O) groups is 1. The number of aromatic nitrogens is 2. The van der Waals surface area contributed by atoms with Gasteiger partial charge in [0.2, 0.25) is 5.91 Å². The lowest BCUT2D eigenvalue weighted by molar-refractivity contribution is -0.114. The lowest BCUT2D eigenvalue weighted by Crippen LogP contribution is -2.04. The number of hydrogen-bond acceptors (Lipinski definition) is 5. The number of hydrogen-bond donors (Lipinski definition) is 2. The molecule has 1 unspecified atom stereocenters. The molecule has 20 heavy (non-hydrogen) atoms. The summed E-state index contributed by atoms with van der Waals surface area (Å²) in [6.45, 7) is 3.27. The van der Waals surface area contributed by atoms with Crippen LogP contribution in [-0.4, -0.2) is 24.6 Å². The number of nitrogens with one attached hydrogen (secondary N) is 1. The molecule has 106 valence electrons. The molecule has 2 aromatic rings. The first-order valence-corrected chi connectivity index (χ1v) is 7.81. The van der Waals surface area contributed by atoms with Crippen LogP contribution in [0.2, 0.25) is 0 Å². The summed E-state index contributed by atoms with van der Waals surface area (Å²) in [4.78, 5) is 20.2. The molecular formula is C12H13N3O3S2. The monoisotopic (exact) mass is 311 g/mol. The summed E-state index contributed by atoms with van der Waals surface area (Å²) in [6.07, 6.45) is 3.23.